The van der Waals surface area contributed by atoms with Gasteiger partial charge in [-0.15, -0.1) is 12.3 Å². The van der Waals surface area contributed by atoms with Crippen molar-refractivity contribution in [3.8, 4) is 35.0 Å². The highest BCUT2D eigenvalue weighted by molar-refractivity contribution is 5.63. The van der Waals surface area contributed by atoms with E-state index in [0.29, 0.717) is 12.4 Å². The summed E-state index contributed by atoms with van der Waals surface area (Å²) in [5.74, 6) is 3.55. The molecule has 3 rings (SSSR count). The highest BCUT2D eigenvalue weighted by Crippen LogP contribution is 2.21. The van der Waals surface area contributed by atoms with Gasteiger partial charge in [0, 0.05) is 12.5 Å². The molecular formula is C26H28O2. The van der Waals surface area contributed by atoms with E-state index in [4.69, 9.17) is 11.2 Å². The number of terminal acetylenes is 1. The molecule has 3 aromatic rings. The van der Waals surface area contributed by atoms with Gasteiger partial charge in [-0.05, 0) is 55.5 Å². The zero-order chi connectivity index (χ0) is 20.2. The standard InChI is InChI=1S/C13H16O2.C13H12/c1-3-4-5-6-7-15-13-9-11(2)8-12(14)10-13;1-11-7-9-13(10-8-11)12-5-3-2-4-6-12/h1,8-10,14H,4-7H2,2H3;2-10H,1H3. The second kappa shape index (κ2) is 11.5. The van der Waals surface area contributed by atoms with Crippen molar-refractivity contribution in [3.63, 3.8) is 0 Å². The highest BCUT2D eigenvalue weighted by Gasteiger charge is 1.98. The van der Waals surface area contributed by atoms with Gasteiger partial charge in [-0.3, -0.25) is 0 Å². The normalized spacial score (nSPS) is 9.75. The fourth-order valence-electron chi connectivity index (χ4n) is 2.71. The second-order valence-electron chi connectivity index (χ2n) is 6.75. The third kappa shape index (κ3) is 7.60. The first-order valence-corrected chi connectivity index (χ1v) is 9.57. The summed E-state index contributed by atoms with van der Waals surface area (Å²) in [5.41, 5.74) is 4.86. The number of aryl methyl sites for hydroxylation is 2. The van der Waals surface area contributed by atoms with E-state index in [0.717, 1.165) is 24.8 Å². The Hall–Kier alpha value is -3.18. The van der Waals surface area contributed by atoms with E-state index in [-0.39, 0.29) is 5.75 Å². The first-order chi connectivity index (χ1) is 13.6. The average molecular weight is 373 g/mol. The van der Waals surface area contributed by atoms with Crippen LogP contribution < -0.4 is 4.74 Å². The molecule has 0 radical (unpaired) electrons. The van der Waals surface area contributed by atoms with Gasteiger partial charge >= 0.3 is 0 Å². The van der Waals surface area contributed by atoms with Crippen LogP contribution in [0.5, 0.6) is 11.5 Å². The van der Waals surface area contributed by atoms with Gasteiger partial charge in [-0.2, -0.15) is 0 Å². The number of ether oxygens (including phenoxy) is 1. The molecule has 0 atom stereocenters. The van der Waals surface area contributed by atoms with E-state index in [1.165, 1.54) is 16.7 Å². The number of hydrogen-bond donors (Lipinski definition) is 1. The lowest BCUT2D eigenvalue weighted by molar-refractivity contribution is 0.306. The minimum Gasteiger partial charge on any atom is -0.508 e. The minimum atomic E-state index is 0.244. The smallest absolute Gasteiger partial charge is 0.123 e. The number of hydrogen-bond acceptors (Lipinski definition) is 2. The quantitative estimate of drug-likeness (QED) is 0.393. The molecule has 28 heavy (non-hydrogen) atoms. The summed E-state index contributed by atoms with van der Waals surface area (Å²) in [6.45, 7) is 4.67. The Morgan fingerprint density at radius 2 is 1.50 bits per heavy atom. The Kier molecular flexibility index (Phi) is 8.69. The Balaban J connectivity index is 0.000000202. The lowest BCUT2D eigenvalue weighted by Gasteiger charge is -2.06. The Bertz CT molecular complexity index is 854. The van der Waals surface area contributed by atoms with Crippen molar-refractivity contribution in [2.45, 2.75) is 33.1 Å². The molecule has 0 unspecified atom stereocenters. The molecule has 2 heteroatoms. The van der Waals surface area contributed by atoms with Gasteiger partial charge in [0.1, 0.15) is 11.5 Å². The van der Waals surface area contributed by atoms with Gasteiger partial charge in [0.2, 0.25) is 0 Å². The van der Waals surface area contributed by atoms with Crippen molar-refractivity contribution in [2.75, 3.05) is 6.61 Å². The van der Waals surface area contributed by atoms with Gasteiger partial charge in [0.15, 0.2) is 0 Å². The van der Waals surface area contributed by atoms with Gasteiger partial charge in [-0.25, -0.2) is 0 Å². The Morgan fingerprint density at radius 1 is 0.821 bits per heavy atom. The van der Waals surface area contributed by atoms with E-state index in [1.807, 2.05) is 19.1 Å². The van der Waals surface area contributed by atoms with Gasteiger partial charge in [0.25, 0.3) is 0 Å². The molecule has 0 saturated carbocycles. The number of aromatic hydroxyl groups is 1. The Labute approximate surface area is 168 Å². The summed E-state index contributed by atoms with van der Waals surface area (Å²) in [5, 5.41) is 9.33. The lowest BCUT2D eigenvalue weighted by Crippen LogP contribution is -1.97. The van der Waals surface area contributed by atoms with Crippen LogP contribution in [0.4, 0.5) is 0 Å². The molecule has 0 aliphatic rings. The fraction of sp³-hybridized carbons (Fsp3) is 0.231. The van der Waals surface area contributed by atoms with Crippen LogP contribution in [0.15, 0.2) is 72.8 Å². The van der Waals surface area contributed by atoms with E-state index >= 15 is 0 Å². The van der Waals surface area contributed by atoms with E-state index in [1.54, 1.807) is 12.1 Å². The molecule has 144 valence electrons. The number of rotatable bonds is 6. The summed E-state index contributed by atoms with van der Waals surface area (Å²) >= 11 is 0. The average Bonchev–Trinajstić information content (AvgIpc) is 2.69. The molecule has 2 nitrogen and oxygen atoms in total. The van der Waals surface area contributed by atoms with Crippen LogP contribution >= 0.6 is 0 Å². The first-order valence-electron chi connectivity index (χ1n) is 9.57. The summed E-state index contributed by atoms with van der Waals surface area (Å²) < 4.78 is 5.49. The van der Waals surface area contributed by atoms with Gasteiger partial charge < -0.3 is 9.84 Å². The summed E-state index contributed by atoms with van der Waals surface area (Å²) in [4.78, 5) is 0. The summed E-state index contributed by atoms with van der Waals surface area (Å²) in [7, 11) is 0. The van der Waals surface area contributed by atoms with Crippen LogP contribution in [0.25, 0.3) is 11.1 Å². The molecular weight excluding hydrogens is 344 g/mol. The van der Waals surface area contributed by atoms with Crippen LogP contribution in [-0.2, 0) is 0 Å². The maximum absolute atomic E-state index is 9.33. The third-order valence-corrected chi connectivity index (χ3v) is 4.18. The zero-order valence-corrected chi connectivity index (χ0v) is 16.7. The molecule has 0 spiro atoms. The van der Waals surface area contributed by atoms with Crippen molar-refractivity contribution in [3.05, 3.63) is 83.9 Å². The van der Waals surface area contributed by atoms with Crippen molar-refractivity contribution < 1.29 is 9.84 Å². The number of phenolic OH excluding ortho intramolecular Hbond substituents is 1. The van der Waals surface area contributed by atoms with Crippen LogP contribution in [0, 0.1) is 26.2 Å². The topological polar surface area (TPSA) is 29.5 Å². The lowest BCUT2D eigenvalue weighted by atomic mass is 10.0. The summed E-state index contributed by atoms with van der Waals surface area (Å²) in [6, 6.07) is 24.2. The monoisotopic (exact) mass is 372 g/mol. The van der Waals surface area contributed by atoms with Crippen molar-refractivity contribution in [2.24, 2.45) is 0 Å². The van der Waals surface area contributed by atoms with Crippen LogP contribution in [0.3, 0.4) is 0 Å². The second-order valence-corrected chi connectivity index (χ2v) is 6.75. The molecule has 0 aliphatic heterocycles. The maximum Gasteiger partial charge on any atom is 0.123 e. The molecule has 0 amide bonds. The number of benzene rings is 3. The van der Waals surface area contributed by atoms with Crippen molar-refractivity contribution in [1.82, 2.24) is 0 Å². The molecule has 0 fully saturated rings. The fourth-order valence-corrected chi connectivity index (χ4v) is 2.71. The predicted octanol–water partition coefficient (Wildman–Crippen LogP) is 6.54. The first kappa shape index (κ1) is 21.1. The van der Waals surface area contributed by atoms with E-state index in [9.17, 15) is 5.11 Å². The van der Waals surface area contributed by atoms with Crippen LogP contribution in [-0.4, -0.2) is 11.7 Å². The van der Waals surface area contributed by atoms with E-state index < -0.39 is 0 Å². The SMILES string of the molecule is C#CCCCCOc1cc(C)cc(O)c1.Cc1ccc(-c2ccccc2)cc1. The van der Waals surface area contributed by atoms with Gasteiger partial charge in [-0.1, -0.05) is 60.2 Å². The Morgan fingerprint density at radius 3 is 2.14 bits per heavy atom. The molecule has 0 aromatic heterocycles. The van der Waals surface area contributed by atoms with Gasteiger partial charge in [0.05, 0.1) is 6.61 Å². The number of phenols is 1. The molecule has 0 bridgehead atoms. The zero-order valence-electron chi connectivity index (χ0n) is 16.7. The van der Waals surface area contributed by atoms with Crippen LogP contribution in [0.1, 0.15) is 30.4 Å². The third-order valence-electron chi connectivity index (χ3n) is 4.18. The molecule has 3 aromatic carbocycles. The van der Waals surface area contributed by atoms with Crippen molar-refractivity contribution >= 4 is 0 Å². The van der Waals surface area contributed by atoms with Crippen LogP contribution in [0.2, 0.25) is 0 Å². The van der Waals surface area contributed by atoms with Crippen molar-refractivity contribution in [1.29, 1.82) is 0 Å². The number of unbranched alkanes of at least 4 members (excludes halogenated alkanes) is 2. The summed E-state index contributed by atoms with van der Waals surface area (Å²) in [6.07, 6.45) is 7.86. The molecule has 1 N–H and O–H groups in total. The largest absolute Gasteiger partial charge is 0.508 e. The minimum absolute atomic E-state index is 0.244. The highest BCUT2D eigenvalue weighted by atomic mass is 16.5. The van der Waals surface area contributed by atoms with E-state index in [2.05, 4.69) is 61.4 Å². The maximum atomic E-state index is 9.33. The molecule has 0 heterocycles. The molecule has 0 aliphatic carbocycles. The predicted molar refractivity (Wildman–Crippen MR) is 118 cm³/mol. The molecule has 0 saturated heterocycles.